The van der Waals surface area contributed by atoms with Crippen LogP contribution in [0.3, 0.4) is 0 Å². The molecular weight excluding hydrogens is 325 g/mol. The predicted molar refractivity (Wildman–Crippen MR) is 80.6 cm³/mol. The molecule has 4 nitrogen and oxygen atoms in total. The van der Waals surface area contributed by atoms with Crippen LogP contribution in [-0.2, 0) is 0 Å². The molecule has 0 saturated heterocycles. The van der Waals surface area contributed by atoms with Gasteiger partial charge in [0, 0.05) is 20.3 Å². The van der Waals surface area contributed by atoms with E-state index < -0.39 is 11.7 Å². The monoisotopic (exact) mass is 337 g/mol. The summed E-state index contributed by atoms with van der Waals surface area (Å²) in [5, 5.41) is 2.74. The first-order chi connectivity index (χ1) is 9.50. The predicted octanol–water partition coefficient (Wildman–Crippen LogP) is 3.30. The smallest absolute Gasteiger partial charge is 0.257 e. The first kappa shape index (κ1) is 14.5. The molecule has 0 atom stereocenters. The van der Waals surface area contributed by atoms with E-state index in [0.717, 1.165) is 5.69 Å². The molecule has 0 bridgehead atoms. The summed E-state index contributed by atoms with van der Waals surface area (Å²) in [6.45, 7) is 0. The van der Waals surface area contributed by atoms with Gasteiger partial charge in [-0.25, -0.2) is 4.39 Å². The lowest BCUT2D eigenvalue weighted by Crippen LogP contribution is -2.17. The molecule has 0 unspecified atom stereocenters. The molecule has 0 radical (unpaired) electrons. The average molecular weight is 338 g/mol. The molecule has 1 aromatic heterocycles. The zero-order valence-corrected chi connectivity index (χ0v) is 12.6. The maximum absolute atomic E-state index is 13.4. The second kappa shape index (κ2) is 6.00. The van der Waals surface area contributed by atoms with Crippen LogP contribution in [0.1, 0.15) is 10.4 Å². The van der Waals surface area contributed by atoms with E-state index in [2.05, 4.69) is 26.2 Å². The largest absolute Gasteiger partial charge is 0.376 e. The van der Waals surface area contributed by atoms with E-state index in [1.165, 1.54) is 12.1 Å². The fourth-order valence-electron chi connectivity index (χ4n) is 1.74. The number of anilines is 2. The van der Waals surface area contributed by atoms with Crippen LogP contribution < -0.4 is 10.2 Å². The summed E-state index contributed by atoms with van der Waals surface area (Å²) < 4.78 is 13.6. The van der Waals surface area contributed by atoms with E-state index >= 15 is 0 Å². The average Bonchev–Trinajstić information content (AvgIpc) is 2.42. The third-order valence-corrected chi connectivity index (χ3v) is 3.53. The minimum atomic E-state index is -0.475. The number of rotatable bonds is 3. The van der Waals surface area contributed by atoms with Crippen LogP contribution in [0.25, 0.3) is 0 Å². The van der Waals surface area contributed by atoms with Gasteiger partial charge < -0.3 is 10.2 Å². The molecule has 2 aromatic rings. The van der Waals surface area contributed by atoms with Crippen molar-refractivity contribution in [1.82, 2.24) is 4.98 Å². The van der Waals surface area contributed by atoms with Gasteiger partial charge in [-0.3, -0.25) is 9.78 Å². The van der Waals surface area contributed by atoms with Crippen molar-refractivity contribution in [3.8, 4) is 0 Å². The highest BCUT2D eigenvalue weighted by molar-refractivity contribution is 9.10. The molecule has 0 spiro atoms. The number of halogens is 2. The van der Waals surface area contributed by atoms with E-state index in [1.807, 2.05) is 19.0 Å². The van der Waals surface area contributed by atoms with E-state index in [9.17, 15) is 9.18 Å². The molecule has 1 N–H and O–H groups in total. The summed E-state index contributed by atoms with van der Waals surface area (Å²) in [5.74, 6) is -0.871. The molecule has 20 heavy (non-hydrogen) atoms. The Kier molecular flexibility index (Phi) is 4.34. The van der Waals surface area contributed by atoms with Crippen LogP contribution in [0.4, 0.5) is 15.8 Å². The van der Waals surface area contributed by atoms with Gasteiger partial charge in [-0.15, -0.1) is 0 Å². The Labute approximate surface area is 124 Å². The lowest BCUT2D eigenvalue weighted by molar-refractivity contribution is 0.102. The Balaban J connectivity index is 2.31. The highest BCUT2D eigenvalue weighted by Crippen LogP contribution is 2.25. The SMILES string of the molecule is CN(C)c1ccncc1NC(=O)c1cccc(F)c1Br. The molecule has 1 amide bonds. The number of aromatic nitrogens is 1. The quantitative estimate of drug-likeness (QED) is 0.934. The zero-order chi connectivity index (χ0) is 14.7. The van der Waals surface area contributed by atoms with Crippen molar-refractivity contribution in [2.45, 2.75) is 0 Å². The van der Waals surface area contributed by atoms with Crippen LogP contribution >= 0.6 is 15.9 Å². The van der Waals surface area contributed by atoms with E-state index in [0.29, 0.717) is 5.69 Å². The molecule has 1 heterocycles. The second-order valence-electron chi connectivity index (χ2n) is 4.34. The summed E-state index contributed by atoms with van der Waals surface area (Å²) in [6.07, 6.45) is 3.20. The Morgan fingerprint density at radius 1 is 1.35 bits per heavy atom. The molecule has 0 fully saturated rings. The molecule has 104 valence electrons. The number of carbonyl (C=O) groups is 1. The van der Waals surface area contributed by atoms with Crippen molar-refractivity contribution in [2.75, 3.05) is 24.3 Å². The Morgan fingerprint density at radius 2 is 2.10 bits per heavy atom. The van der Waals surface area contributed by atoms with E-state index in [4.69, 9.17) is 0 Å². The van der Waals surface area contributed by atoms with Gasteiger partial charge in [-0.1, -0.05) is 6.07 Å². The molecular formula is C14H13BrFN3O. The van der Waals surface area contributed by atoms with Crippen LogP contribution in [-0.4, -0.2) is 25.0 Å². The number of nitrogens with one attached hydrogen (secondary N) is 1. The van der Waals surface area contributed by atoms with Crippen molar-refractivity contribution in [2.24, 2.45) is 0 Å². The summed E-state index contributed by atoms with van der Waals surface area (Å²) in [7, 11) is 3.73. The number of hydrogen-bond acceptors (Lipinski definition) is 3. The lowest BCUT2D eigenvalue weighted by atomic mass is 10.2. The molecule has 1 aromatic carbocycles. The third kappa shape index (κ3) is 2.96. The Morgan fingerprint density at radius 3 is 2.80 bits per heavy atom. The van der Waals surface area contributed by atoms with Crippen molar-refractivity contribution in [1.29, 1.82) is 0 Å². The van der Waals surface area contributed by atoms with Crippen molar-refractivity contribution < 1.29 is 9.18 Å². The van der Waals surface area contributed by atoms with Crippen LogP contribution in [0.5, 0.6) is 0 Å². The standard InChI is InChI=1S/C14H13BrFN3O/c1-19(2)12-6-7-17-8-11(12)18-14(20)9-4-3-5-10(16)13(9)15/h3-8H,1-2H3,(H,18,20). The second-order valence-corrected chi connectivity index (χ2v) is 5.14. The summed E-state index contributed by atoms with van der Waals surface area (Å²) in [4.78, 5) is 18.1. The number of hydrogen-bond donors (Lipinski definition) is 1. The van der Waals surface area contributed by atoms with Gasteiger partial charge in [-0.2, -0.15) is 0 Å². The van der Waals surface area contributed by atoms with E-state index in [-0.39, 0.29) is 10.0 Å². The number of carbonyl (C=O) groups excluding carboxylic acids is 1. The normalized spacial score (nSPS) is 10.2. The molecule has 6 heteroatoms. The third-order valence-electron chi connectivity index (χ3n) is 2.72. The van der Waals surface area contributed by atoms with Crippen molar-refractivity contribution >= 4 is 33.2 Å². The van der Waals surface area contributed by atoms with Gasteiger partial charge in [-0.05, 0) is 34.1 Å². The molecule has 2 rings (SSSR count). The van der Waals surface area contributed by atoms with Gasteiger partial charge in [0.2, 0.25) is 0 Å². The number of amides is 1. The van der Waals surface area contributed by atoms with Crippen molar-refractivity contribution in [3.63, 3.8) is 0 Å². The molecule has 0 aliphatic rings. The summed E-state index contributed by atoms with van der Waals surface area (Å²) in [5.41, 5.74) is 1.62. The molecule has 0 saturated carbocycles. The van der Waals surface area contributed by atoms with Gasteiger partial charge in [0.1, 0.15) is 5.82 Å². The zero-order valence-electron chi connectivity index (χ0n) is 11.0. The number of benzene rings is 1. The fourth-order valence-corrected chi connectivity index (χ4v) is 2.19. The molecule has 0 aliphatic carbocycles. The number of pyridine rings is 1. The van der Waals surface area contributed by atoms with Crippen molar-refractivity contribution in [3.05, 3.63) is 52.5 Å². The van der Waals surface area contributed by atoms with E-state index in [1.54, 1.807) is 24.5 Å². The van der Waals surface area contributed by atoms with Gasteiger partial charge in [0.25, 0.3) is 5.91 Å². The maximum atomic E-state index is 13.4. The first-order valence-corrected chi connectivity index (χ1v) is 6.66. The summed E-state index contributed by atoms with van der Waals surface area (Å²) in [6, 6.07) is 6.12. The minimum Gasteiger partial charge on any atom is -0.376 e. The topological polar surface area (TPSA) is 45.2 Å². The van der Waals surface area contributed by atoms with Gasteiger partial charge >= 0.3 is 0 Å². The fraction of sp³-hybridized carbons (Fsp3) is 0.143. The van der Waals surface area contributed by atoms with Crippen LogP contribution in [0.15, 0.2) is 41.1 Å². The highest BCUT2D eigenvalue weighted by Gasteiger charge is 2.15. The lowest BCUT2D eigenvalue weighted by Gasteiger charge is -2.17. The first-order valence-electron chi connectivity index (χ1n) is 5.87. The van der Waals surface area contributed by atoms with Crippen LogP contribution in [0.2, 0.25) is 0 Å². The maximum Gasteiger partial charge on any atom is 0.257 e. The van der Waals surface area contributed by atoms with Gasteiger partial charge in [0.15, 0.2) is 0 Å². The summed E-state index contributed by atoms with van der Waals surface area (Å²) >= 11 is 3.08. The highest BCUT2D eigenvalue weighted by atomic mass is 79.9. The van der Waals surface area contributed by atoms with Gasteiger partial charge in [0.05, 0.1) is 27.6 Å². The minimum absolute atomic E-state index is 0.146. The van der Waals surface area contributed by atoms with Crippen LogP contribution in [0, 0.1) is 5.82 Å². The molecule has 0 aliphatic heterocycles. The Hall–Kier alpha value is -1.95. The number of nitrogens with zero attached hydrogens (tertiary/aromatic N) is 2. The Bertz CT molecular complexity index is 646.